The molecule has 1 aromatic rings. The fraction of sp³-hybridized carbons (Fsp3) is 0.824. The zero-order chi connectivity index (χ0) is 16.5. The van der Waals surface area contributed by atoms with Gasteiger partial charge in [0.05, 0.1) is 0 Å². The molecule has 1 aliphatic rings. The van der Waals surface area contributed by atoms with Gasteiger partial charge in [-0.3, -0.25) is 4.99 Å². The maximum atomic E-state index is 4.69. The number of aliphatic imine (C=N–C) groups is 1. The van der Waals surface area contributed by atoms with Crippen molar-refractivity contribution >= 4 is 5.96 Å². The van der Waals surface area contributed by atoms with Crippen LogP contribution in [0.15, 0.2) is 11.3 Å². The van der Waals surface area contributed by atoms with Crippen LogP contribution in [-0.4, -0.2) is 39.9 Å². The Kier molecular flexibility index (Phi) is 7.36. The maximum Gasteiger partial charge on any atom is 0.191 e. The molecule has 1 saturated carbocycles. The lowest BCUT2D eigenvalue weighted by Crippen LogP contribution is -2.48. The molecule has 1 aliphatic carbocycles. The van der Waals surface area contributed by atoms with Crippen molar-refractivity contribution in [3.8, 4) is 0 Å². The highest BCUT2D eigenvalue weighted by molar-refractivity contribution is 5.80. The smallest absolute Gasteiger partial charge is 0.191 e. The van der Waals surface area contributed by atoms with E-state index < -0.39 is 0 Å². The molecule has 2 unspecified atom stereocenters. The maximum absolute atomic E-state index is 4.69. The third-order valence-electron chi connectivity index (χ3n) is 4.58. The fourth-order valence-corrected chi connectivity index (χ4v) is 3.12. The largest absolute Gasteiger partial charge is 0.355 e. The minimum atomic E-state index is 0.549. The van der Waals surface area contributed by atoms with Crippen molar-refractivity contribution in [2.24, 2.45) is 10.9 Å². The number of nitrogens with zero attached hydrogens (tertiary/aromatic N) is 4. The molecule has 0 aliphatic heterocycles. The molecule has 2 N–H and O–H groups in total. The van der Waals surface area contributed by atoms with Gasteiger partial charge in [-0.1, -0.05) is 33.6 Å². The van der Waals surface area contributed by atoms with Crippen LogP contribution in [0.3, 0.4) is 0 Å². The summed E-state index contributed by atoms with van der Waals surface area (Å²) in [5.41, 5.74) is 0. The van der Waals surface area contributed by atoms with Crippen molar-refractivity contribution in [2.45, 2.75) is 71.9 Å². The molecular formula is C17H32N6. The summed E-state index contributed by atoms with van der Waals surface area (Å²) in [4.78, 5) is 4.69. The Bertz CT molecular complexity index is 481. The Morgan fingerprint density at radius 3 is 2.91 bits per heavy atom. The topological polar surface area (TPSA) is 67.1 Å². The summed E-state index contributed by atoms with van der Waals surface area (Å²) < 4.78 is 2.10. The molecule has 1 aromatic heterocycles. The SMILES string of the molecule is CCCN=C(NCCn1cnnc1CC)NC1CCCCC1C. The van der Waals surface area contributed by atoms with Crippen LogP contribution < -0.4 is 10.6 Å². The quantitative estimate of drug-likeness (QED) is 0.598. The summed E-state index contributed by atoms with van der Waals surface area (Å²) in [7, 11) is 0. The van der Waals surface area contributed by atoms with Gasteiger partial charge in [0.2, 0.25) is 0 Å². The van der Waals surface area contributed by atoms with Gasteiger partial charge in [-0.2, -0.15) is 0 Å². The van der Waals surface area contributed by atoms with Crippen LogP contribution in [0, 0.1) is 5.92 Å². The van der Waals surface area contributed by atoms with Gasteiger partial charge in [-0.15, -0.1) is 10.2 Å². The van der Waals surface area contributed by atoms with E-state index in [9.17, 15) is 0 Å². The van der Waals surface area contributed by atoms with Gasteiger partial charge in [0.25, 0.3) is 0 Å². The van der Waals surface area contributed by atoms with E-state index >= 15 is 0 Å². The first-order valence-corrected chi connectivity index (χ1v) is 9.16. The first kappa shape index (κ1) is 17.8. The zero-order valence-corrected chi connectivity index (χ0v) is 14.9. The molecular weight excluding hydrogens is 288 g/mol. The van der Waals surface area contributed by atoms with E-state index in [1.807, 2.05) is 0 Å². The van der Waals surface area contributed by atoms with Crippen LogP contribution in [0.5, 0.6) is 0 Å². The predicted octanol–water partition coefficient (Wildman–Crippen LogP) is 2.36. The minimum Gasteiger partial charge on any atom is -0.355 e. The highest BCUT2D eigenvalue weighted by atomic mass is 15.3. The number of hydrogen-bond donors (Lipinski definition) is 2. The lowest BCUT2D eigenvalue weighted by Gasteiger charge is -2.31. The molecule has 1 fully saturated rings. The fourth-order valence-electron chi connectivity index (χ4n) is 3.12. The molecule has 2 atom stereocenters. The highest BCUT2D eigenvalue weighted by Crippen LogP contribution is 2.23. The second kappa shape index (κ2) is 9.53. The summed E-state index contributed by atoms with van der Waals surface area (Å²) in [6.07, 6.45) is 9.04. The van der Waals surface area contributed by atoms with Gasteiger partial charge in [0.1, 0.15) is 12.2 Å². The van der Waals surface area contributed by atoms with Crippen molar-refractivity contribution < 1.29 is 0 Å². The van der Waals surface area contributed by atoms with Crippen molar-refractivity contribution in [1.82, 2.24) is 25.4 Å². The van der Waals surface area contributed by atoms with E-state index in [0.717, 1.165) is 50.2 Å². The van der Waals surface area contributed by atoms with E-state index in [4.69, 9.17) is 0 Å². The van der Waals surface area contributed by atoms with Gasteiger partial charge >= 0.3 is 0 Å². The Hall–Kier alpha value is -1.59. The lowest BCUT2D eigenvalue weighted by molar-refractivity contribution is 0.306. The van der Waals surface area contributed by atoms with E-state index in [2.05, 4.69) is 51.2 Å². The van der Waals surface area contributed by atoms with E-state index in [1.165, 1.54) is 25.7 Å². The number of rotatable bonds is 7. The monoisotopic (exact) mass is 320 g/mol. The number of nitrogens with one attached hydrogen (secondary N) is 2. The number of guanidine groups is 1. The first-order chi connectivity index (χ1) is 11.2. The molecule has 0 saturated heterocycles. The standard InChI is InChI=1S/C17H32N6/c1-4-10-18-17(21-15-9-7-6-8-14(15)3)19-11-12-23-13-20-22-16(23)5-2/h13-15H,4-12H2,1-3H3,(H2,18,19,21). The van der Waals surface area contributed by atoms with Crippen molar-refractivity contribution in [1.29, 1.82) is 0 Å². The van der Waals surface area contributed by atoms with E-state index in [-0.39, 0.29) is 0 Å². The average Bonchev–Trinajstić information content (AvgIpc) is 3.02. The van der Waals surface area contributed by atoms with Crippen molar-refractivity contribution in [3.05, 3.63) is 12.2 Å². The van der Waals surface area contributed by atoms with E-state index in [1.54, 1.807) is 6.33 Å². The number of aryl methyl sites for hydroxylation is 1. The summed E-state index contributed by atoms with van der Waals surface area (Å²) in [5, 5.41) is 15.2. The number of hydrogen-bond acceptors (Lipinski definition) is 3. The Morgan fingerprint density at radius 1 is 1.35 bits per heavy atom. The molecule has 6 heteroatoms. The highest BCUT2D eigenvalue weighted by Gasteiger charge is 2.21. The zero-order valence-electron chi connectivity index (χ0n) is 14.9. The second-order valence-corrected chi connectivity index (χ2v) is 6.46. The van der Waals surface area contributed by atoms with Crippen LogP contribution in [-0.2, 0) is 13.0 Å². The molecule has 0 amide bonds. The summed E-state index contributed by atoms with van der Waals surface area (Å²) in [6.45, 7) is 9.18. The average molecular weight is 320 g/mol. The van der Waals surface area contributed by atoms with E-state index in [0.29, 0.717) is 6.04 Å². The third-order valence-corrected chi connectivity index (χ3v) is 4.58. The Balaban J connectivity index is 1.85. The van der Waals surface area contributed by atoms with Crippen LogP contribution in [0.4, 0.5) is 0 Å². The van der Waals surface area contributed by atoms with Gasteiger partial charge in [0.15, 0.2) is 5.96 Å². The summed E-state index contributed by atoms with van der Waals surface area (Å²) in [6, 6.07) is 0.549. The second-order valence-electron chi connectivity index (χ2n) is 6.46. The Morgan fingerprint density at radius 2 is 2.17 bits per heavy atom. The van der Waals surface area contributed by atoms with Crippen molar-refractivity contribution in [2.75, 3.05) is 13.1 Å². The Labute approximate surface area is 140 Å². The molecule has 0 aromatic carbocycles. The van der Waals surface area contributed by atoms with Crippen LogP contribution in [0.2, 0.25) is 0 Å². The number of aromatic nitrogens is 3. The van der Waals surface area contributed by atoms with Gasteiger partial charge < -0.3 is 15.2 Å². The minimum absolute atomic E-state index is 0.549. The molecule has 130 valence electrons. The molecule has 0 spiro atoms. The molecule has 6 nitrogen and oxygen atoms in total. The predicted molar refractivity (Wildman–Crippen MR) is 94.6 cm³/mol. The van der Waals surface area contributed by atoms with Gasteiger partial charge in [-0.05, 0) is 25.2 Å². The van der Waals surface area contributed by atoms with Crippen LogP contribution >= 0.6 is 0 Å². The first-order valence-electron chi connectivity index (χ1n) is 9.16. The molecule has 23 heavy (non-hydrogen) atoms. The van der Waals surface area contributed by atoms with Crippen LogP contribution in [0.1, 0.15) is 58.7 Å². The summed E-state index contributed by atoms with van der Waals surface area (Å²) in [5.74, 6) is 2.71. The molecule has 0 bridgehead atoms. The molecule has 0 radical (unpaired) electrons. The van der Waals surface area contributed by atoms with Gasteiger partial charge in [0, 0.05) is 32.1 Å². The third kappa shape index (κ3) is 5.52. The normalized spacial score (nSPS) is 22.1. The van der Waals surface area contributed by atoms with Crippen molar-refractivity contribution in [3.63, 3.8) is 0 Å². The summed E-state index contributed by atoms with van der Waals surface area (Å²) >= 11 is 0. The van der Waals surface area contributed by atoms with Crippen LogP contribution in [0.25, 0.3) is 0 Å². The molecule has 1 heterocycles. The lowest BCUT2D eigenvalue weighted by atomic mass is 9.86. The van der Waals surface area contributed by atoms with Gasteiger partial charge in [-0.25, -0.2) is 0 Å². The molecule has 2 rings (SSSR count).